The summed E-state index contributed by atoms with van der Waals surface area (Å²) in [6, 6.07) is 12.2. The molecule has 3 heteroatoms. The Balaban J connectivity index is 2.09. The maximum Gasteiger partial charge on any atom is 0.124 e. The van der Waals surface area contributed by atoms with Crippen molar-refractivity contribution < 1.29 is 9.47 Å². The van der Waals surface area contributed by atoms with E-state index in [-0.39, 0.29) is 0 Å². The number of ether oxygens (including phenoxy) is 2. The zero-order valence-electron chi connectivity index (χ0n) is 11.2. The van der Waals surface area contributed by atoms with Crippen LogP contribution in [0.2, 0.25) is 0 Å². The predicted molar refractivity (Wildman–Crippen MR) is 76.7 cm³/mol. The third-order valence-electron chi connectivity index (χ3n) is 3.60. The van der Waals surface area contributed by atoms with E-state index in [0.717, 1.165) is 35.7 Å². The number of anilines is 2. The van der Waals surface area contributed by atoms with Gasteiger partial charge in [0, 0.05) is 22.5 Å². The van der Waals surface area contributed by atoms with E-state index in [1.807, 2.05) is 24.3 Å². The minimum absolute atomic E-state index is 0.941. The number of hydrogen-bond acceptors (Lipinski definition) is 3. The van der Waals surface area contributed by atoms with Gasteiger partial charge in [-0.05, 0) is 37.1 Å². The van der Waals surface area contributed by atoms with Crippen molar-refractivity contribution in [2.45, 2.75) is 12.8 Å². The van der Waals surface area contributed by atoms with Crippen molar-refractivity contribution in [2.24, 2.45) is 0 Å². The van der Waals surface area contributed by atoms with Gasteiger partial charge in [0.1, 0.15) is 11.5 Å². The fourth-order valence-electron chi connectivity index (χ4n) is 2.66. The Labute approximate surface area is 113 Å². The predicted octanol–water partition coefficient (Wildman–Crippen LogP) is 3.55. The summed E-state index contributed by atoms with van der Waals surface area (Å²) in [7, 11) is 3.43. The van der Waals surface area contributed by atoms with E-state index >= 15 is 0 Å². The first-order valence-corrected chi connectivity index (χ1v) is 6.42. The Bertz CT molecular complexity index is 554. The molecule has 2 aromatic rings. The smallest absolute Gasteiger partial charge is 0.124 e. The normalized spacial score (nSPS) is 12.7. The summed E-state index contributed by atoms with van der Waals surface area (Å²) in [5, 5.41) is 3.49. The number of benzene rings is 2. The van der Waals surface area contributed by atoms with E-state index in [0.29, 0.717) is 0 Å². The molecule has 0 bridgehead atoms. The van der Waals surface area contributed by atoms with Gasteiger partial charge in [-0.2, -0.15) is 0 Å². The van der Waals surface area contributed by atoms with Crippen molar-refractivity contribution in [3.8, 4) is 11.5 Å². The van der Waals surface area contributed by atoms with Gasteiger partial charge in [0.25, 0.3) is 0 Å². The quantitative estimate of drug-likeness (QED) is 0.890. The number of hydrogen-bond donors (Lipinski definition) is 1. The number of rotatable bonds is 2. The van der Waals surface area contributed by atoms with E-state index in [9.17, 15) is 0 Å². The van der Waals surface area contributed by atoms with Gasteiger partial charge in [-0.15, -0.1) is 0 Å². The van der Waals surface area contributed by atoms with Crippen molar-refractivity contribution in [2.75, 3.05) is 19.5 Å². The molecule has 98 valence electrons. The maximum atomic E-state index is 5.45. The number of fused-ring (bicyclic) bond motifs is 2. The van der Waals surface area contributed by atoms with Crippen molar-refractivity contribution in [3.05, 3.63) is 47.5 Å². The summed E-state index contributed by atoms with van der Waals surface area (Å²) in [6.07, 6.45) is 1.89. The van der Waals surface area contributed by atoms with Crippen LogP contribution in [0.4, 0.5) is 11.4 Å². The lowest BCUT2D eigenvalue weighted by Crippen LogP contribution is -1.96. The molecule has 0 spiro atoms. The highest BCUT2D eigenvalue weighted by atomic mass is 16.5. The molecular formula is C16H17NO2. The molecular weight excluding hydrogens is 238 g/mol. The van der Waals surface area contributed by atoms with Crippen LogP contribution in [0.1, 0.15) is 11.1 Å². The van der Waals surface area contributed by atoms with Crippen LogP contribution in [-0.4, -0.2) is 14.2 Å². The molecule has 3 nitrogen and oxygen atoms in total. The molecule has 0 saturated heterocycles. The van der Waals surface area contributed by atoms with Crippen LogP contribution in [-0.2, 0) is 12.8 Å². The molecule has 1 heterocycles. The van der Waals surface area contributed by atoms with Crippen LogP contribution in [0.3, 0.4) is 0 Å². The molecule has 1 N–H and O–H groups in total. The number of nitrogens with one attached hydrogen (secondary N) is 1. The zero-order chi connectivity index (χ0) is 13.2. The Hall–Kier alpha value is -2.16. The van der Waals surface area contributed by atoms with Crippen molar-refractivity contribution >= 4 is 11.4 Å². The Morgan fingerprint density at radius 3 is 1.68 bits per heavy atom. The first kappa shape index (κ1) is 11.9. The lowest BCUT2D eigenvalue weighted by atomic mass is 10.0. The molecule has 0 aromatic heterocycles. The fourth-order valence-corrected chi connectivity index (χ4v) is 2.66. The molecule has 3 rings (SSSR count). The summed E-state index contributed by atoms with van der Waals surface area (Å²) >= 11 is 0. The van der Waals surface area contributed by atoms with Crippen molar-refractivity contribution in [1.29, 1.82) is 0 Å². The average Bonchev–Trinajstić information content (AvgIpc) is 2.65. The topological polar surface area (TPSA) is 30.5 Å². The summed E-state index contributed by atoms with van der Waals surface area (Å²) < 4.78 is 10.9. The van der Waals surface area contributed by atoms with Crippen molar-refractivity contribution in [3.63, 3.8) is 0 Å². The molecule has 0 atom stereocenters. The molecule has 19 heavy (non-hydrogen) atoms. The molecule has 0 fully saturated rings. The highest BCUT2D eigenvalue weighted by Gasteiger charge is 2.18. The minimum atomic E-state index is 0.941. The monoisotopic (exact) mass is 255 g/mol. The maximum absolute atomic E-state index is 5.45. The average molecular weight is 255 g/mol. The van der Waals surface area contributed by atoms with Gasteiger partial charge in [0.2, 0.25) is 0 Å². The molecule has 0 unspecified atom stereocenters. The van der Waals surface area contributed by atoms with Crippen LogP contribution in [0.5, 0.6) is 11.5 Å². The lowest BCUT2D eigenvalue weighted by Gasteiger charge is -2.13. The van der Waals surface area contributed by atoms with Gasteiger partial charge < -0.3 is 14.8 Å². The summed E-state index contributed by atoms with van der Waals surface area (Å²) in [4.78, 5) is 0. The van der Waals surface area contributed by atoms with E-state index in [2.05, 4.69) is 17.4 Å². The summed E-state index contributed by atoms with van der Waals surface area (Å²) in [5.74, 6) is 1.88. The van der Waals surface area contributed by atoms with Gasteiger partial charge in [0.15, 0.2) is 0 Å². The van der Waals surface area contributed by atoms with E-state index in [1.165, 1.54) is 11.1 Å². The van der Waals surface area contributed by atoms with E-state index in [4.69, 9.17) is 9.47 Å². The van der Waals surface area contributed by atoms with Gasteiger partial charge in [-0.1, -0.05) is 12.1 Å². The molecule has 2 aromatic carbocycles. The summed E-state index contributed by atoms with van der Waals surface area (Å²) in [5.41, 5.74) is 4.68. The third kappa shape index (κ3) is 2.01. The minimum Gasteiger partial charge on any atom is -0.496 e. The van der Waals surface area contributed by atoms with Crippen LogP contribution in [0.15, 0.2) is 36.4 Å². The SMILES string of the molecule is COc1cccc2c1CCc1c(cccc1OC)N2. The fraction of sp³-hybridized carbons (Fsp3) is 0.250. The number of methoxy groups -OCH3 is 2. The second-order valence-electron chi connectivity index (χ2n) is 4.60. The van der Waals surface area contributed by atoms with Gasteiger partial charge in [-0.3, -0.25) is 0 Å². The molecule has 0 amide bonds. The van der Waals surface area contributed by atoms with Gasteiger partial charge >= 0.3 is 0 Å². The second kappa shape index (κ2) is 4.84. The largest absolute Gasteiger partial charge is 0.496 e. The van der Waals surface area contributed by atoms with Crippen molar-refractivity contribution in [1.82, 2.24) is 0 Å². The molecule has 0 aliphatic carbocycles. The van der Waals surface area contributed by atoms with Gasteiger partial charge in [-0.25, -0.2) is 0 Å². The first-order chi connectivity index (χ1) is 9.33. The lowest BCUT2D eigenvalue weighted by molar-refractivity contribution is 0.407. The molecule has 1 aliphatic rings. The highest BCUT2D eigenvalue weighted by Crippen LogP contribution is 2.37. The van der Waals surface area contributed by atoms with Crippen LogP contribution < -0.4 is 14.8 Å². The standard InChI is InChI=1S/C16H17NO2/c1-18-15-7-3-5-13-11(15)9-10-12-14(17-13)6-4-8-16(12)19-2/h3-8,17H,9-10H2,1-2H3. The third-order valence-corrected chi connectivity index (χ3v) is 3.60. The Kier molecular flexibility index (Phi) is 3.03. The Morgan fingerprint density at radius 1 is 0.789 bits per heavy atom. The van der Waals surface area contributed by atoms with Crippen LogP contribution in [0.25, 0.3) is 0 Å². The van der Waals surface area contributed by atoms with Crippen LogP contribution in [0, 0.1) is 0 Å². The molecule has 1 aliphatic heterocycles. The zero-order valence-corrected chi connectivity index (χ0v) is 11.2. The Morgan fingerprint density at radius 2 is 1.26 bits per heavy atom. The van der Waals surface area contributed by atoms with E-state index in [1.54, 1.807) is 14.2 Å². The second-order valence-corrected chi connectivity index (χ2v) is 4.60. The van der Waals surface area contributed by atoms with E-state index < -0.39 is 0 Å². The first-order valence-electron chi connectivity index (χ1n) is 6.42. The summed E-state index contributed by atoms with van der Waals surface area (Å²) in [6.45, 7) is 0. The highest BCUT2D eigenvalue weighted by molar-refractivity contribution is 5.72. The van der Waals surface area contributed by atoms with Gasteiger partial charge in [0.05, 0.1) is 14.2 Å². The molecule has 0 radical (unpaired) electrons. The molecule has 0 saturated carbocycles. The van der Waals surface area contributed by atoms with Crippen LogP contribution >= 0.6 is 0 Å².